The number of ether oxygens (including phenoxy) is 1. The minimum atomic E-state index is -0.567. The van der Waals surface area contributed by atoms with Crippen LogP contribution in [0.2, 0.25) is 0 Å². The fraction of sp³-hybridized carbons (Fsp3) is 0.263. The van der Waals surface area contributed by atoms with Crippen LogP contribution < -0.4 is 5.32 Å². The van der Waals surface area contributed by atoms with Crippen molar-refractivity contribution in [2.24, 2.45) is 0 Å². The molecule has 1 amide bonds. The van der Waals surface area contributed by atoms with Crippen molar-refractivity contribution in [2.75, 3.05) is 11.9 Å². The number of benzene rings is 1. The molecule has 0 bridgehead atoms. The Morgan fingerprint density at radius 2 is 1.93 bits per heavy atom. The van der Waals surface area contributed by atoms with Gasteiger partial charge in [0.2, 0.25) is 0 Å². The summed E-state index contributed by atoms with van der Waals surface area (Å²) in [5.41, 5.74) is 2.82. The van der Waals surface area contributed by atoms with Crippen LogP contribution in [0.5, 0.6) is 0 Å². The Bertz CT molecular complexity index is 1070. The van der Waals surface area contributed by atoms with E-state index in [2.05, 4.69) is 20.4 Å². The zero-order valence-corrected chi connectivity index (χ0v) is 15.7. The molecule has 1 aromatic carbocycles. The van der Waals surface area contributed by atoms with Gasteiger partial charge in [0.1, 0.15) is 6.33 Å². The van der Waals surface area contributed by atoms with E-state index in [1.54, 1.807) is 35.7 Å². The number of esters is 1. The molecule has 0 atom stereocenters. The molecule has 0 unspecified atom stereocenters. The van der Waals surface area contributed by atoms with Gasteiger partial charge in [0, 0.05) is 22.5 Å². The SMILES string of the molecule is CC(=O)c1ccccc1NC(=O)COC(=O)Cc1c(C)nc2ncnn2c1C. The van der Waals surface area contributed by atoms with E-state index in [4.69, 9.17) is 4.74 Å². The summed E-state index contributed by atoms with van der Waals surface area (Å²) in [6.45, 7) is 4.54. The van der Waals surface area contributed by atoms with Crippen molar-refractivity contribution >= 4 is 29.1 Å². The number of carbonyl (C=O) groups is 3. The van der Waals surface area contributed by atoms with E-state index in [1.807, 2.05) is 6.92 Å². The van der Waals surface area contributed by atoms with Crippen molar-refractivity contribution in [2.45, 2.75) is 27.2 Å². The molecule has 2 aromatic heterocycles. The number of fused-ring (bicyclic) bond motifs is 1. The Labute approximate surface area is 160 Å². The van der Waals surface area contributed by atoms with Gasteiger partial charge in [0.25, 0.3) is 11.7 Å². The lowest BCUT2D eigenvalue weighted by Crippen LogP contribution is -2.23. The van der Waals surface area contributed by atoms with Crippen LogP contribution in [-0.4, -0.2) is 43.8 Å². The van der Waals surface area contributed by atoms with Gasteiger partial charge in [0.15, 0.2) is 12.4 Å². The standard InChI is InChI=1S/C19H19N5O4/c1-11-15(12(2)24-19(22-11)20-10-21-24)8-18(27)28-9-17(26)23-16-7-5-4-6-14(16)13(3)25/h4-7,10H,8-9H2,1-3H3,(H,23,26). The normalized spacial score (nSPS) is 10.7. The molecule has 3 aromatic rings. The topological polar surface area (TPSA) is 116 Å². The second kappa shape index (κ2) is 7.95. The fourth-order valence-corrected chi connectivity index (χ4v) is 2.84. The predicted molar refractivity (Wildman–Crippen MR) is 100.0 cm³/mol. The number of aryl methyl sites for hydroxylation is 2. The minimum absolute atomic E-state index is 0.0439. The zero-order valence-electron chi connectivity index (χ0n) is 15.7. The van der Waals surface area contributed by atoms with Crippen molar-refractivity contribution < 1.29 is 19.1 Å². The van der Waals surface area contributed by atoms with Crippen molar-refractivity contribution in [1.82, 2.24) is 19.6 Å². The highest BCUT2D eigenvalue weighted by molar-refractivity contribution is 6.04. The molecule has 0 aliphatic carbocycles. The monoisotopic (exact) mass is 381 g/mol. The van der Waals surface area contributed by atoms with Crippen LogP contribution in [0.1, 0.15) is 34.2 Å². The number of ketones is 1. The highest BCUT2D eigenvalue weighted by Crippen LogP contribution is 2.16. The molecule has 9 nitrogen and oxygen atoms in total. The molecular formula is C19H19N5O4. The third-order valence-electron chi connectivity index (χ3n) is 4.25. The first kappa shape index (κ1) is 19.2. The summed E-state index contributed by atoms with van der Waals surface area (Å²) in [5.74, 6) is -0.812. The molecule has 0 aliphatic heterocycles. The summed E-state index contributed by atoms with van der Waals surface area (Å²) in [5, 5.41) is 6.65. The van der Waals surface area contributed by atoms with Crippen molar-refractivity contribution in [3.8, 4) is 0 Å². The van der Waals surface area contributed by atoms with Gasteiger partial charge in [-0.05, 0) is 32.9 Å². The number of amides is 1. The number of nitrogens with one attached hydrogen (secondary N) is 1. The van der Waals surface area contributed by atoms with Gasteiger partial charge in [-0.15, -0.1) is 0 Å². The summed E-state index contributed by atoms with van der Waals surface area (Å²) in [4.78, 5) is 44.2. The van der Waals surface area contributed by atoms with Crippen molar-refractivity contribution in [3.63, 3.8) is 0 Å². The van der Waals surface area contributed by atoms with E-state index in [0.29, 0.717) is 28.3 Å². The van der Waals surface area contributed by atoms with Crippen LogP contribution in [0.15, 0.2) is 30.6 Å². The molecule has 0 saturated heterocycles. The van der Waals surface area contributed by atoms with E-state index in [-0.39, 0.29) is 12.2 Å². The zero-order chi connectivity index (χ0) is 20.3. The predicted octanol–water partition coefficient (Wildman–Crippen LogP) is 1.67. The molecule has 0 saturated carbocycles. The largest absolute Gasteiger partial charge is 0.455 e. The molecule has 0 radical (unpaired) electrons. The third kappa shape index (κ3) is 4.03. The summed E-state index contributed by atoms with van der Waals surface area (Å²) in [6.07, 6.45) is 1.35. The van der Waals surface area contributed by atoms with E-state index in [0.717, 1.165) is 5.69 Å². The maximum absolute atomic E-state index is 12.2. The summed E-state index contributed by atoms with van der Waals surface area (Å²) < 4.78 is 6.62. The number of hydrogen-bond donors (Lipinski definition) is 1. The van der Waals surface area contributed by atoms with Gasteiger partial charge < -0.3 is 10.1 Å². The fourth-order valence-electron chi connectivity index (χ4n) is 2.84. The number of hydrogen-bond acceptors (Lipinski definition) is 7. The maximum Gasteiger partial charge on any atom is 0.310 e. The molecule has 0 aliphatic rings. The van der Waals surface area contributed by atoms with Crippen LogP contribution in [0.4, 0.5) is 5.69 Å². The molecule has 0 fully saturated rings. The Morgan fingerprint density at radius 1 is 1.18 bits per heavy atom. The quantitative estimate of drug-likeness (QED) is 0.510. The maximum atomic E-state index is 12.2. The van der Waals surface area contributed by atoms with Gasteiger partial charge in [0.05, 0.1) is 12.1 Å². The number of para-hydroxylation sites is 1. The van der Waals surface area contributed by atoms with Crippen LogP contribution in [0.25, 0.3) is 5.78 Å². The van der Waals surface area contributed by atoms with Gasteiger partial charge in [-0.3, -0.25) is 14.4 Å². The Hall–Kier alpha value is -3.62. The second-order valence-electron chi connectivity index (χ2n) is 6.22. The molecule has 28 heavy (non-hydrogen) atoms. The number of aromatic nitrogens is 4. The molecule has 144 valence electrons. The van der Waals surface area contributed by atoms with E-state index >= 15 is 0 Å². The minimum Gasteiger partial charge on any atom is -0.455 e. The van der Waals surface area contributed by atoms with Crippen LogP contribution in [0.3, 0.4) is 0 Å². The first-order valence-corrected chi connectivity index (χ1v) is 8.58. The lowest BCUT2D eigenvalue weighted by molar-refractivity contribution is -0.146. The highest BCUT2D eigenvalue weighted by atomic mass is 16.5. The lowest BCUT2D eigenvalue weighted by Gasteiger charge is -2.11. The number of Topliss-reactive ketones (excluding diaryl/α,β-unsaturated/α-hetero) is 1. The van der Waals surface area contributed by atoms with Gasteiger partial charge in [-0.2, -0.15) is 10.1 Å². The summed E-state index contributed by atoms with van der Waals surface area (Å²) in [6, 6.07) is 6.63. The van der Waals surface area contributed by atoms with Crippen molar-refractivity contribution in [3.05, 3.63) is 53.1 Å². The van der Waals surface area contributed by atoms with E-state index < -0.39 is 18.5 Å². The Balaban J connectivity index is 1.62. The first-order chi connectivity index (χ1) is 13.4. The third-order valence-corrected chi connectivity index (χ3v) is 4.25. The molecule has 3 rings (SSSR count). The number of carbonyl (C=O) groups excluding carboxylic acids is 3. The molecule has 0 spiro atoms. The second-order valence-corrected chi connectivity index (χ2v) is 6.22. The first-order valence-electron chi connectivity index (χ1n) is 8.58. The average molecular weight is 381 g/mol. The summed E-state index contributed by atoms with van der Waals surface area (Å²) in [7, 11) is 0. The van der Waals surface area contributed by atoms with Gasteiger partial charge in [-0.1, -0.05) is 12.1 Å². The Morgan fingerprint density at radius 3 is 2.68 bits per heavy atom. The Kier molecular flexibility index (Phi) is 5.44. The van der Waals surface area contributed by atoms with Crippen LogP contribution >= 0.6 is 0 Å². The van der Waals surface area contributed by atoms with E-state index in [1.165, 1.54) is 13.3 Å². The van der Waals surface area contributed by atoms with Crippen LogP contribution in [-0.2, 0) is 20.7 Å². The smallest absolute Gasteiger partial charge is 0.310 e. The van der Waals surface area contributed by atoms with Crippen molar-refractivity contribution in [1.29, 1.82) is 0 Å². The average Bonchev–Trinajstić information content (AvgIpc) is 3.12. The lowest BCUT2D eigenvalue weighted by atomic mass is 10.1. The number of nitrogens with zero attached hydrogens (tertiary/aromatic N) is 4. The van der Waals surface area contributed by atoms with Gasteiger partial charge >= 0.3 is 5.97 Å². The van der Waals surface area contributed by atoms with Gasteiger partial charge in [-0.25, -0.2) is 9.50 Å². The summed E-state index contributed by atoms with van der Waals surface area (Å²) >= 11 is 0. The molecule has 1 N–H and O–H groups in total. The molecule has 9 heteroatoms. The molecular weight excluding hydrogens is 362 g/mol. The number of rotatable bonds is 6. The highest BCUT2D eigenvalue weighted by Gasteiger charge is 2.17. The molecule has 2 heterocycles. The van der Waals surface area contributed by atoms with Crippen LogP contribution in [0, 0.1) is 13.8 Å². The number of anilines is 1. The van der Waals surface area contributed by atoms with E-state index in [9.17, 15) is 14.4 Å².